The summed E-state index contributed by atoms with van der Waals surface area (Å²) in [5.41, 5.74) is 4.34. The van der Waals surface area contributed by atoms with Gasteiger partial charge in [0, 0.05) is 11.1 Å². The van der Waals surface area contributed by atoms with Gasteiger partial charge in [-0.15, -0.1) is 0 Å². The van der Waals surface area contributed by atoms with Crippen LogP contribution in [0.25, 0.3) is 10.8 Å². The highest BCUT2D eigenvalue weighted by atomic mass is 35.5. The van der Waals surface area contributed by atoms with Gasteiger partial charge in [-0.3, -0.25) is 4.79 Å². The van der Waals surface area contributed by atoms with Crippen molar-refractivity contribution in [1.82, 2.24) is 5.43 Å². The minimum Gasteiger partial charge on any atom is -0.488 e. The van der Waals surface area contributed by atoms with Crippen LogP contribution in [0.4, 0.5) is 4.39 Å². The lowest BCUT2D eigenvalue weighted by molar-refractivity contribution is 0.0955. The Morgan fingerprint density at radius 3 is 2.53 bits per heavy atom. The third-order valence-corrected chi connectivity index (χ3v) is 5.51. The third-order valence-electron chi connectivity index (χ3n) is 4.78. The molecule has 4 aromatic rings. The lowest BCUT2D eigenvalue weighted by atomic mass is 10.0. The topological polar surface area (TPSA) is 50.7 Å². The molecule has 0 saturated carbocycles. The fourth-order valence-corrected chi connectivity index (χ4v) is 3.47. The highest BCUT2D eigenvalue weighted by Gasteiger charge is 2.09. The number of hydrazone groups is 1. The number of benzene rings is 4. The van der Waals surface area contributed by atoms with Gasteiger partial charge in [-0.25, -0.2) is 9.82 Å². The second-order valence-electron chi connectivity index (χ2n) is 6.94. The highest BCUT2D eigenvalue weighted by molar-refractivity contribution is 6.42. The zero-order valence-corrected chi connectivity index (χ0v) is 18.2. The van der Waals surface area contributed by atoms with Gasteiger partial charge in [-0.1, -0.05) is 59.6 Å². The van der Waals surface area contributed by atoms with Crippen LogP contribution >= 0.6 is 23.2 Å². The van der Waals surface area contributed by atoms with E-state index >= 15 is 0 Å². The van der Waals surface area contributed by atoms with E-state index in [9.17, 15) is 9.18 Å². The molecule has 0 saturated heterocycles. The molecule has 0 heterocycles. The van der Waals surface area contributed by atoms with Crippen molar-refractivity contribution in [3.8, 4) is 5.75 Å². The molecule has 0 spiro atoms. The van der Waals surface area contributed by atoms with E-state index in [1.807, 2.05) is 42.5 Å². The van der Waals surface area contributed by atoms with Crippen molar-refractivity contribution >= 4 is 46.1 Å². The Hall–Kier alpha value is -3.41. The van der Waals surface area contributed by atoms with Gasteiger partial charge < -0.3 is 4.74 Å². The second kappa shape index (κ2) is 9.81. The Bertz CT molecular complexity index is 1310. The van der Waals surface area contributed by atoms with E-state index in [1.165, 1.54) is 30.5 Å². The molecule has 0 bridgehead atoms. The molecule has 1 amide bonds. The number of rotatable bonds is 6. The molecule has 4 nitrogen and oxygen atoms in total. The molecule has 0 aliphatic heterocycles. The zero-order chi connectivity index (χ0) is 22.5. The molecule has 0 unspecified atom stereocenters. The predicted octanol–water partition coefficient (Wildman–Crippen LogP) is 6.63. The monoisotopic (exact) mass is 466 g/mol. The minimum absolute atomic E-state index is 0.276. The number of carbonyl (C=O) groups is 1. The number of nitrogens with zero attached hydrogens (tertiary/aromatic N) is 1. The summed E-state index contributed by atoms with van der Waals surface area (Å²) in [4.78, 5) is 12.3. The molecule has 7 heteroatoms. The number of ether oxygens (including phenoxy) is 1. The molecule has 1 N–H and O–H groups in total. The van der Waals surface area contributed by atoms with Crippen molar-refractivity contribution in [2.24, 2.45) is 5.10 Å². The molecular formula is C25H17Cl2FN2O2. The van der Waals surface area contributed by atoms with E-state index in [0.29, 0.717) is 26.9 Å². The summed E-state index contributed by atoms with van der Waals surface area (Å²) >= 11 is 12.1. The summed E-state index contributed by atoms with van der Waals surface area (Å²) in [5.74, 6) is -0.265. The van der Waals surface area contributed by atoms with Crippen LogP contribution in [0.15, 0.2) is 84.0 Å². The molecule has 4 aromatic carbocycles. The molecular weight excluding hydrogens is 450 g/mol. The van der Waals surface area contributed by atoms with Crippen LogP contribution in [0.1, 0.15) is 21.5 Å². The van der Waals surface area contributed by atoms with Crippen LogP contribution in [-0.4, -0.2) is 12.1 Å². The van der Waals surface area contributed by atoms with Gasteiger partial charge in [-0.2, -0.15) is 5.10 Å². The fourth-order valence-electron chi connectivity index (χ4n) is 3.15. The van der Waals surface area contributed by atoms with Crippen LogP contribution in [0.3, 0.4) is 0 Å². The number of amides is 1. The van der Waals surface area contributed by atoms with Crippen LogP contribution in [0.5, 0.6) is 5.75 Å². The number of fused-ring (bicyclic) bond motifs is 1. The minimum atomic E-state index is -0.445. The smallest absolute Gasteiger partial charge is 0.271 e. The average Bonchev–Trinajstić information content (AvgIpc) is 2.80. The first-order valence-electron chi connectivity index (χ1n) is 9.69. The molecule has 0 fully saturated rings. The Kier molecular flexibility index (Phi) is 6.69. The molecule has 0 aromatic heterocycles. The average molecular weight is 467 g/mol. The second-order valence-corrected chi connectivity index (χ2v) is 7.76. The van der Waals surface area contributed by atoms with Crippen LogP contribution in [-0.2, 0) is 6.61 Å². The van der Waals surface area contributed by atoms with Gasteiger partial charge >= 0.3 is 0 Å². The molecule has 32 heavy (non-hydrogen) atoms. The highest BCUT2D eigenvalue weighted by Crippen LogP contribution is 2.28. The maximum Gasteiger partial charge on any atom is 0.271 e. The van der Waals surface area contributed by atoms with Crippen molar-refractivity contribution in [2.45, 2.75) is 6.61 Å². The molecule has 160 valence electrons. The van der Waals surface area contributed by atoms with Gasteiger partial charge in [-0.05, 0) is 58.8 Å². The number of hydrogen-bond donors (Lipinski definition) is 1. The molecule has 0 radical (unpaired) electrons. The number of halogens is 3. The zero-order valence-electron chi connectivity index (χ0n) is 16.7. The van der Waals surface area contributed by atoms with Crippen molar-refractivity contribution < 1.29 is 13.9 Å². The first-order valence-corrected chi connectivity index (χ1v) is 10.4. The van der Waals surface area contributed by atoms with Crippen molar-refractivity contribution in [1.29, 1.82) is 0 Å². The predicted molar refractivity (Wildman–Crippen MR) is 126 cm³/mol. The Labute approximate surface area is 194 Å². The van der Waals surface area contributed by atoms with Gasteiger partial charge in [0.05, 0.1) is 16.3 Å². The summed E-state index contributed by atoms with van der Waals surface area (Å²) in [7, 11) is 0. The fraction of sp³-hybridized carbons (Fsp3) is 0.0400. The van der Waals surface area contributed by atoms with Crippen molar-refractivity contribution in [3.05, 3.63) is 111 Å². The Morgan fingerprint density at radius 1 is 0.969 bits per heavy atom. The molecule has 0 aliphatic rings. The van der Waals surface area contributed by atoms with Crippen molar-refractivity contribution in [3.63, 3.8) is 0 Å². The first kappa shape index (κ1) is 21.8. The SMILES string of the molecule is O=C(N/N=C\c1c(OCc2ccc(Cl)c(Cl)c2)ccc2ccccc12)c1ccc(F)cc1. The summed E-state index contributed by atoms with van der Waals surface area (Å²) in [5, 5.41) is 6.94. The van der Waals surface area contributed by atoms with E-state index in [1.54, 1.807) is 12.1 Å². The van der Waals surface area contributed by atoms with Gasteiger partial charge in [0.2, 0.25) is 0 Å². The maximum atomic E-state index is 13.1. The normalized spacial score (nSPS) is 11.1. The molecule has 0 aliphatic carbocycles. The van der Waals surface area contributed by atoms with Crippen molar-refractivity contribution in [2.75, 3.05) is 0 Å². The van der Waals surface area contributed by atoms with Crippen LogP contribution in [0, 0.1) is 5.82 Å². The lowest BCUT2D eigenvalue weighted by Crippen LogP contribution is -2.17. The number of hydrogen-bond acceptors (Lipinski definition) is 3. The van der Waals surface area contributed by atoms with E-state index in [0.717, 1.165) is 16.3 Å². The summed E-state index contributed by atoms with van der Waals surface area (Å²) in [6.45, 7) is 0.276. The first-order chi connectivity index (χ1) is 15.5. The van der Waals surface area contributed by atoms with Gasteiger partial charge in [0.25, 0.3) is 5.91 Å². The Balaban J connectivity index is 1.58. The lowest BCUT2D eigenvalue weighted by Gasteiger charge is -2.12. The van der Waals surface area contributed by atoms with Gasteiger partial charge in [0.15, 0.2) is 0 Å². The van der Waals surface area contributed by atoms with Gasteiger partial charge in [0.1, 0.15) is 18.2 Å². The largest absolute Gasteiger partial charge is 0.488 e. The van der Waals surface area contributed by atoms with E-state index < -0.39 is 11.7 Å². The summed E-state index contributed by atoms with van der Waals surface area (Å²) in [6.07, 6.45) is 1.54. The molecule has 4 rings (SSSR count). The van der Waals surface area contributed by atoms with Crippen LogP contribution in [0.2, 0.25) is 10.0 Å². The van der Waals surface area contributed by atoms with E-state index in [-0.39, 0.29) is 6.61 Å². The van der Waals surface area contributed by atoms with E-state index in [2.05, 4.69) is 10.5 Å². The molecule has 0 atom stereocenters. The number of nitrogens with one attached hydrogen (secondary N) is 1. The third kappa shape index (κ3) is 5.07. The Morgan fingerprint density at radius 2 is 1.75 bits per heavy atom. The summed E-state index contributed by atoms with van der Waals surface area (Å²) < 4.78 is 19.1. The van der Waals surface area contributed by atoms with Crippen LogP contribution < -0.4 is 10.2 Å². The number of carbonyl (C=O) groups excluding carboxylic acids is 1. The standard InChI is InChI=1S/C25H17Cl2FN2O2/c26-22-11-5-16(13-23(22)27)15-32-24-12-8-17-3-1-2-4-20(17)21(24)14-29-30-25(31)18-6-9-19(28)10-7-18/h1-14H,15H2,(H,30,31)/b29-14-. The maximum absolute atomic E-state index is 13.1. The quantitative estimate of drug-likeness (QED) is 0.256. The van der Waals surface area contributed by atoms with E-state index in [4.69, 9.17) is 27.9 Å². The summed E-state index contributed by atoms with van der Waals surface area (Å²) in [6, 6.07) is 22.1.